The molecule has 160 valence electrons. The number of hydrogen-bond donors (Lipinski definition) is 2. The van der Waals surface area contributed by atoms with Gasteiger partial charge in [0.1, 0.15) is 5.75 Å². The summed E-state index contributed by atoms with van der Waals surface area (Å²) in [5.74, 6) is 0.189. The minimum absolute atomic E-state index is 0.0934. The zero-order valence-electron chi connectivity index (χ0n) is 16.6. The van der Waals surface area contributed by atoms with Crippen LogP contribution >= 0.6 is 35.0 Å². The molecule has 0 saturated carbocycles. The van der Waals surface area contributed by atoms with Crippen molar-refractivity contribution in [2.24, 2.45) is 0 Å². The Morgan fingerprint density at radius 1 is 0.903 bits per heavy atom. The highest BCUT2D eigenvalue weighted by atomic mass is 35.5. The van der Waals surface area contributed by atoms with Gasteiger partial charge in [-0.1, -0.05) is 47.5 Å². The number of halogens is 2. The van der Waals surface area contributed by atoms with Crippen LogP contribution in [0.15, 0.2) is 77.7 Å². The summed E-state index contributed by atoms with van der Waals surface area (Å²) in [5.41, 5.74) is 1.20. The molecule has 0 aromatic heterocycles. The van der Waals surface area contributed by atoms with Crippen molar-refractivity contribution < 1.29 is 14.3 Å². The van der Waals surface area contributed by atoms with Gasteiger partial charge in [-0.25, -0.2) is 0 Å². The largest absolute Gasteiger partial charge is 0.484 e. The summed E-state index contributed by atoms with van der Waals surface area (Å²) in [4.78, 5) is 25.5. The predicted octanol–water partition coefficient (Wildman–Crippen LogP) is 6.13. The Hall–Kier alpha value is -2.67. The van der Waals surface area contributed by atoms with E-state index in [1.807, 2.05) is 36.4 Å². The fraction of sp³-hybridized carbons (Fsp3) is 0.130. The maximum absolute atomic E-state index is 12.5. The van der Waals surface area contributed by atoms with Gasteiger partial charge in [0.15, 0.2) is 6.61 Å². The number of nitrogens with one attached hydrogen (secondary N) is 2. The number of benzene rings is 3. The zero-order chi connectivity index (χ0) is 22.2. The van der Waals surface area contributed by atoms with E-state index < -0.39 is 0 Å². The molecule has 3 rings (SSSR count). The quantitative estimate of drug-likeness (QED) is 0.385. The van der Waals surface area contributed by atoms with E-state index in [2.05, 4.69) is 10.6 Å². The van der Waals surface area contributed by atoms with E-state index in [1.54, 1.807) is 43.3 Å². The third-order valence-electron chi connectivity index (χ3n) is 4.10. The highest BCUT2D eigenvalue weighted by Crippen LogP contribution is 2.28. The van der Waals surface area contributed by atoms with Crippen molar-refractivity contribution in [2.75, 3.05) is 17.2 Å². The minimum atomic E-state index is -0.373. The van der Waals surface area contributed by atoms with Crippen LogP contribution in [0, 0.1) is 0 Å². The van der Waals surface area contributed by atoms with Crippen molar-refractivity contribution in [2.45, 2.75) is 17.1 Å². The number of rotatable bonds is 8. The summed E-state index contributed by atoms with van der Waals surface area (Å²) in [5, 5.41) is 6.05. The molecule has 8 heteroatoms. The molecule has 0 heterocycles. The molecule has 3 aromatic rings. The highest BCUT2D eigenvalue weighted by molar-refractivity contribution is 8.00. The first-order chi connectivity index (χ1) is 14.9. The molecule has 0 saturated heterocycles. The van der Waals surface area contributed by atoms with Gasteiger partial charge in [-0.3, -0.25) is 9.59 Å². The number of carbonyl (C=O) groups excluding carboxylic acids is 2. The fourth-order valence-corrected chi connectivity index (χ4v) is 3.81. The maximum Gasteiger partial charge on any atom is 0.262 e. The van der Waals surface area contributed by atoms with E-state index in [0.717, 1.165) is 4.90 Å². The van der Waals surface area contributed by atoms with Gasteiger partial charge in [0.2, 0.25) is 5.91 Å². The molecule has 0 spiro atoms. The SMILES string of the molecule is CC(Sc1cccc(NC(=O)COc2ccccc2)c1)C(=O)Nc1ccc(Cl)c(Cl)c1. The summed E-state index contributed by atoms with van der Waals surface area (Å²) >= 11 is 13.3. The monoisotopic (exact) mass is 474 g/mol. The van der Waals surface area contributed by atoms with Gasteiger partial charge in [0.25, 0.3) is 5.91 Å². The maximum atomic E-state index is 12.5. The Kier molecular flexibility index (Phi) is 8.23. The molecular formula is C23H20Cl2N2O3S. The number of hydrogen-bond acceptors (Lipinski definition) is 4. The molecule has 0 aliphatic carbocycles. The molecule has 3 aromatic carbocycles. The number of para-hydroxylation sites is 1. The lowest BCUT2D eigenvalue weighted by atomic mass is 10.3. The Balaban J connectivity index is 1.53. The summed E-state index contributed by atoms with van der Waals surface area (Å²) in [6, 6.07) is 21.3. The van der Waals surface area contributed by atoms with Gasteiger partial charge in [0.05, 0.1) is 15.3 Å². The molecule has 0 radical (unpaired) electrons. The molecule has 1 unspecified atom stereocenters. The van der Waals surface area contributed by atoms with Crippen LogP contribution in [-0.2, 0) is 9.59 Å². The number of thioether (sulfide) groups is 1. The van der Waals surface area contributed by atoms with Crippen molar-refractivity contribution in [3.8, 4) is 5.75 Å². The van der Waals surface area contributed by atoms with Crippen LogP contribution in [0.5, 0.6) is 5.75 Å². The number of amides is 2. The van der Waals surface area contributed by atoms with E-state index in [1.165, 1.54) is 11.8 Å². The van der Waals surface area contributed by atoms with Crippen LogP contribution in [-0.4, -0.2) is 23.7 Å². The third kappa shape index (κ3) is 7.21. The Labute approximate surface area is 195 Å². The van der Waals surface area contributed by atoms with Crippen molar-refractivity contribution >= 4 is 58.2 Å². The van der Waals surface area contributed by atoms with E-state index in [-0.39, 0.29) is 23.7 Å². The summed E-state index contributed by atoms with van der Waals surface area (Å²) in [6.07, 6.45) is 0. The molecule has 5 nitrogen and oxygen atoms in total. The van der Waals surface area contributed by atoms with Crippen LogP contribution in [0.4, 0.5) is 11.4 Å². The lowest BCUT2D eigenvalue weighted by molar-refractivity contribution is -0.118. The van der Waals surface area contributed by atoms with Gasteiger partial charge in [-0.15, -0.1) is 11.8 Å². The first-order valence-corrected chi connectivity index (χ1v) is 11.0. The first-order valence-electron chi connectivity index (χ1n) is 9.41. The van der Waals surface area contributed by atoms with Gasteiger partial charge in [-0.2, -0.15) is 0 Å². The smallest absolute Gasteiger partial charge is 0.262 e. The van der Waals surface area contributed by atoms with Crippen molar-refractivity contribution in [1.82, 2.24) is 0 Å². The molecule has 0 aliphatic rings. The molecule has 2 N–H and O–H groups in total. The Morgan fingerprint density at radius 2 is 1.65 bits per heavy atom. The molecule has 0 bridgehead atoms. The van der Waals surface area contributed by atoms with Gasteiger partial charge in [0, 0.05) is 16.3 Å². The summed E-state index contributed by atoms with van der Waals surface area (Å²) < 4.78 is 5.45. The summed E-state index contributed by atoms with van der Waals surface area (Å²) in [7, 11) is 0. The van der Waals surface area contributed by atoms with Crippen LogP contribution < -0.4 is 15.4 Å². The zero-order valence-corrected chi connectivity index (χ0v) is 18.9. The lowest BCUT2D eigenvalue weighted by Gasteiger charge is -2.13. The predicted molar refractivity (Wildman–Crippen MR) is 127 cm³/mol. The molecule has 31 heavy (non-hydrogen) atoms. The molecule has 0 aliphatic heterocycles. The van der Waals surface area contributed by atoms with Gasteiger partial charge in [-0.05, 0) is 55.5 Å². The average Bonchev–Trinajstić information content (AvgIpc) is 2.76. The van der Waals surface area contributed by atoms with Crippen LogP contribution in [0.1, 0.15) is 6.92 Å². The Morgan fingerprint density at radius 3 is 2.39 bits per heavy atom. The average molecular weight is 475 g/mol. The first kappa shape index (κ1) is 23.0. The number of carbonyl (C=O) groups is 2. The van der Waals surface area contributed by atoms with Gasteiger partial charge >= 0.3 is 0 Å². The molecular weight excluding hydrogens is 455 g/mol. The molecule has 1 atom stereocenters. The van der Waals surface area contributed by atoms with E-state index in [4.69, 9.17) is 27.9 Å². The topological polar surface area (TPSA) is 67.4 Å². The number of anilines is 2. The highest BCUT2D eigenvalue weighted by Gasteiger charge is 2.15. The van der Waals surface area contributed by atoms with Crippen molar-refractivity contribution in [1.29, 1.82) is 0 Å². The fourth-order valence-electron chi connectivity index (χ4n) is 2.59. The number of ether oxygens (including phenoxy) is 1. The second kappa shape index (κ2) is 11.1. The Bertz CT molecular complexity index is 1060. The van der Waals surface area contributed by atoms with Crippen molar-refractivity contribution in [3.05, 3.63) is 82.8 Å². The van der Waals surface area contributed by atoms with Crippen LogP contribution in [0.3, 0.4) is 0 Å². The lowest BCUT2D eigenvalue weighted by Crippen LogP contribution is -2.22. The van der Waals surface area contributed by atoms with E-state index in [9.17, 15) is 9.59 Å². The summed E-state index contributed by atoms with van der Waals surface area (Å²) in [6.45, 7) is 1.71. The molecule has 2 amide bonds. The van der Waals surface area contributed by atoms with Gasteiger partial charge < -0.3 is 15.4 Å². The third-order valence-corrected chi connectivity index (χ3v) is 5.93. The normalized spacial score (nSPS) is 11.5. The van der Waals surface area contributed by atoms with E-state index in [0.29, 0.717) is 27.2 Å². The van der Waals surface area contributed by atoms with Crippen molar-refractivity contribution in [3.63, 3.8) is 0 Å². The van der Waals surface area contributed by atoms with Crippen LogP contribution in [0.2, 0.25) is 10.0 Å². The minimum Gasteiger partial charge on any atom is -0.484 e. The van der Waals surface area contributed by atoms with Crippen LogP contribution in [0.25, 0.3) is 0 Å². The van der Waals surface area contributed by atoms with E-state index >= 15 is 0 Å². The standard InChI is InChI=1S/C23H20Cl2N2O3S/c1-15(23(29)27-17-10-11-20(24)21(25)13-17)31-19-9-5-6-16(12-19)26-22(28)14-30-18-7-3-2-4-8-18/h2-13,15H,14H2,1H3,(H,26,28)(H,27,29). The molecule has 0 fully saturated rings. The second-order valence-electron chi connectivity index (χ2n) is 6.56. The second-order valence-corrected chi connectivity index (χ2v) is 8.78.